The summed E-state index contributed by atoms with van der Waals surface area (Å²) < 4.78 is 0. The summed E-state index contributed by atoms with van der Waals surface area (Å²) in [6, 6.07) is 0. The highest BCUT2D eigenvalue weighted by molar-refractivity contribution is 5.75. The van der Waals surface area contributed by atoms with Gasteiger partial charge in [0.15, 0.2) is 0 Å². The third kappa shape index (κ3) is 3.32. The van der Waals surface area contributed by atoms with Crippen molar-refractivity contribution in [2.24, 2.45) is 5.92 Å². The molecule has 76 valence electrons. The van der Waals surface area contributed by atoms with E-state index in [1.54, 1.807) is 7.05 Å². The number of aliphatic hydroxyl groups excluding tert-OH is 1. The van der Waals surface area contributed by atoms with Crippen molar-refractivity contribution in [2.75, 3.05) is 33.3 Å². The first-order valence-electron chi connectivity index (χ1n) is 4.80. The van der Waals surface area contributed by atoms with Crippen molar-refractivity contribution in [3.63, 3.8) is 0 Å². The number of rotatable bonds is 5. The highest BCUT2D eigenvalue weighted by atomic mass is 16.3. The van der Waals surface area contributed by atoms with Gasteiger partial charge in [-0.05, 0) is 13.0 Å². The number of amides is 1. The van der Waals surface area contributed by atoms with Crippen LogP contribution >= 0.6 is 0 Å². The van der Waals surface area contributed by atoms with Crippen LogP contribution in [0.2, 0.25) is 0 Å². The number of hydrogen-bond donors (Lipinski definition) is 2. The Hall–Kier alpha value is -0.610. The van der Waals surface area contributed by atoms with Gasteiger partial charge in [-0.15, -0.1) is 0 Å². The van der Waals surface area contributed by atoms with Crippen LogP contribution in [0.25, 0.3) is 0 Å². The Labute approximate surface area is 78.9 Å². The van der Waals surface area contributed by atoms with E-state index in [1.807, 2.05) is 0 Å². The molecule has 0 saturated carbocycles. The molecule has 1 rings (SSSR count). The van der Waals surface area contributed by atoms with Gasteiger partial charge in [-0.25, -0.2) is 0 Å². The van der Waals surface area contributed by atoms with Gasteiger partial charge in [-0.3, -0.25) is 4.79 Å². The van der Waals surface area contributed by atoms with E-state index in [4.69, 9.17) is 5.11 Å². The molecule has 0 aromatic heterocycles. The Bertz CT molecular complexity index is 167. The van der Waals surface area contributed by atoms with Gasteiger partial charge < -0.3 is 15.3 Å². The molecule has 2 N–H and O–H groups in total. The van der Waals surface area contributed by atoms with E-state index in [0.29, 0.717) is 18.9 Å². The van der Waals surface area contributed by atoms with Crippen molar-refractivity contribution in [1.29, 1.82) is 0 Å². The third-order valence-electron chi connectivity index (χ3n) is 2.45. The first-order chi connectivity index (χ1) is 6.26. The second-order valence-electron chi connectivity index (χ2n) is 3.58. The van der Waals surface area contributed by atoms with E-state index in [2.05, 4.69) is 10.2 Å². The van der Waals surface area contributed by atoms with E-state index >= 15 is 0 Å². The first-order valence-corrected chi connectivity index (χ1v) is 4.80. The number of carbonyl (C=O) groups is 1. The van der Waals surface area contributed by atoms with Crippen LogP contribution in [0.3, 0.4) is 0 Å². The van der Waals surface area contributed by atoms with E-state index in [1.165, 1.54) is 0 Å². The second-order valence-corrected chi connectivity index (χ2v) is 3.58. The molecule has 0 radical (unpaired) electrons. The minimum absolute atomic E-state index is 0.110. The maximum atomic E-state index is 10.9. The molecule has 0 aromatic rings. The van der Waals surface area contributed by atoms with Crippen molar-refractivity contribution in [1.82, 2.24) is 10.2 Å². The molecule has 1 aliphatic heterocycles. The predicted molar refractivity (Wildman–Crippen MR) is 50.3 cm³/mol. The molecule has 4 heteroatoms. The van der Waals surface area contributed by atoms with Crippen LogP contribution in [0, 0.1) is 5.92 Å². The summed E-state index contributed by atoms with van der Waals surface area (Å²) in [5.41, 5.74) is 0. The fourth-order valence-corrected chi connectivity index (χ4v) is 1.56. The van der Waals surface area contributed by atoms with Crippen molar-refractivity contribution < 1.29 is 9.90 Å². The molecule has 4 nitrogen and oxygen atoms in total. The lowest BCUT2D eigenvalue weighted by molar-refractivity contribution is -0.120. The van der Waals surface area contributed by atoms with E-state index in [0.717, 1.165) is 26.1 Å². The molecule has 0 unspecified atom stereocenters. The summed E-state index contributed by atoms with van der Waals surface area (Å²) >= 11 is 0. The Morgan fingerprint density at radius 3 is 2.85 bits per heavy atom. The van der Waals surface area contributed by atoms with Crippen molar-refractivity contribution in [3.05, 3.63) is 0 Å². The Balaban J connectivity index is 1.93. The van der Waals surface area contributed by atoms with E-state index in [-0.39, 0.29) is 5.91 Å². The van der Waals surface area contributed by atoms with Crippen LogP contribution < -0.4 is 5.32 Å². The molecule has 13 heavy (non-hydrogen) atoms. The molecule has 0 aromatic carbocycles. The smallest absolute Gasteiger partial charge is 0.219 e. The fraction of sp³-hybridized carbons (Fsp3) is 0.889. The molecule has 0 spiro atoms. The number of nitrogens with one attached hydrogen (secondary N) is 1. The molecule has 0 atom stereocenters. The standard InChI is InChI=1S/C9H18N2O2/c1-10-9(13)3-2-4-11-5-8(6-11)7-12/h8,12H,2-7H2,1H3,(H,10,13). The van der Waals surface area contributed by atoms with Crippen LogP contribution in [0.15, 0.2) is 0 Å². The molecule has 1 aliphatic rings. The SMILES string of the molecule is CNC(=O)CCCN1CC(CO)C1. The number of likely N-dealkylation sites (tertiary alicyclic amines) is 1. The van der Waals surface area contributed by atoms with Crippen LogP contribution in [-0.4, -0.2) is 49.2 Å². The second kappa shape index (κ2) is 5.19. The van der Waals surface area contributed by atoms with Crippen molar-refractivity contribution in [2.45, 2.75) is 12.8 Å². The highest BCUT2D eigenvalue weighted by Gasteiger charge is 2.24. The molecular weight excluding hydrogens is 168 g/mol. The Kier molecular flexibility index (Phi) is 4.18. The Morgan fingerprint density at radius 1 is 1.62 bits per heavy atom. The van der Waals surface area contributed by atoms with Gasteiger partial charge in [0.05, 0.1) is 0 Å². The minimum Gasteiger partial charge on any atom is -0.396 e. The van der Waals surface area contributed by atoms with E-state index < -0.39 is 0 Å². The van der Waals surface area contributed by atoms with Crippen LogP contribution in [0.4, 0.5) is 0 Å². The summed E-state index contributed by atoms with van der Waals surface area (Å²) in [6.45, 7) is 3.25. The average molecular weight is 186 g/mol. The van der Waals surface area contributed by atoms with Gasteiger partial charge in [0, 0.05) is 39.1 Å². The molecule has 1 fully saturated rings. The summed E-state index contributed by atoms with van der Waals surface area (Å²) in [5.74, 6) is 0.583. The van der Waals surface area contributed by atoms with Crippen LogP contribution in [0.1, 0.15) is 12.8 Å². The van der Waals surface area contributed by atoms with Crippen LogP contribution in [-0.2, 0) is 4.79 Å². The molecular formula is C9H18N2O2. The zero-order chi connectivity index (χ0) is 9.68. The van der Waals surface area contributed by atoms with Gasteiger partial charge >= 0.3 is 0 Å². The van der Waals surface area contributed by atoms with Gasteiger partial charge in [0.1, 0.15) is 0 Å². The summed E-state index contributed by atoms with van der Waals surface area (Å²) in [5, 5.41) is 11.4. The van der Waals surface area contributed by atoms with Crippen LogP contribution in [0.5, 0.6) is 0 Å². The summed E-state index contributed by atoms with van der Waals surface area (Å²) in [6.07, 6.45) is 1.52. The third-order valence-corrected chi connectivity index (χ3v) is 2.45. The fourth-order valence-electron chi connectivity index (χ4n) is 1.56. The quantitative estimate of drug-likeness (QED) is 0.605. The molecule has 0 bridgehead atoms. The molecule has 1 saturated heterocycles. The number of nitrogens with zero attached hydrogens (tertiary/aromatic N) is 1. The lowest BCUT2D eigenvalue weighted by Crippen LogP contribution is -2.48. The summed E-state index contributed by atoms with van der Waals surface area (Å²) in [4.78, 5) is 13.1. The largest absolute Gasteiger partial charge is 0.396 e. The van der Waals surface area contributed by atoms with Gasteiger partial charge in [-0.2, -0.15) is 0 Å². The van der Waals surface area contributed by atoms with Crippen molar-refractivity contribution >= 4 is 5.91 Å². The first kappa shape index (κ1) is 10.5. The normalized spacial score (nSPS) is 18.3. The lowest BCUT2D eigenvalue weighted by atomic mass is 10.0. The lowest BCUT2D eigenvalue weighted by Gasteiger charge is -2.38. The summed E-state index contributed by atoms with van der Waals surface area (Å²) in [7, 11) is 1.66. The number of aliphatic hydroxyl groups is 1. The maximum Gasteiger partial charge on any atom is 0.219 e. The topological polar surface area (TPSA) is 52.6 Å². The number of carbonyl (C=O) groups excluding carboxylic acids is 1. The zero-order valence-corrected chi connectivity index (χ0v) is 8.12. The van der Waals surface area contributed by atoms with E-state index in [9.17, 15) is 4.79 Å². The van der Waals surface area contributed by atoms with Gasteiger partial charge in [-0.1, -0.05) is 0 Å². The molecule has 1 heterocycles. The molecule has 0 aliphatic carbocycles. The predicted octanol–water partition coefficient (Wildman–Crippen LogP) is -0.563. The van der Waals surface area contributed by atoms with Gasteiger partial charge in [0.2, 0.25) is 5.91 Å². The van der Waals surface area contributed by atoms with Gasteiger partial charge in [0.25, 0.3) is 0 Å². The average Bonchev–Trinajstić information content (AvgIpc) is 2.08. The number of hydrogen-bond acceptors (Lipinski definition) is 3. The van der Waals surface area contributed by atoms with Crippen molar-refractivity contribution in [3.8, 4) is 0 Å². The zero-order valence-electron chi connectivity index (χ0n) is 8.12. The minimum atomic E-state index is 0.110. The monoisotopic (exact) mass is 186 g/mol. The maximum absolute atomic E-state index is 10.9. The Morgan fingerprint density at radius 2 is 2.31 bits per heavy atom. The highest BCUT2D eigenvalue weighted by Crippen LogP contribution is 2.14. The molecule has 1 amide bonds.